The van der Waals surface area contributed by atoms with Crippen molar-refractivity contribution in [3.8, 4) is 0 Å². The molecule has 0 aliphatic carbocycles. The van der Waals surface area contributed by atoms with Crippen molar-refractivity contribution in [2.24, 2.45) is 0 Å². The first-order valence-corrected chi connectivity index (χ1v) is 7.24. The third-order valence-corrected chi connectivity index (χ3v) is 4.13. The molecule has 2 aromatic rings. The Morgan fingerprint density at radius 2 is 1.71 bits per heavy atom. The van der Waals surface area contributed by atoms with Crippen LogP contribution in [0.1, 0.15) is 22.8 Å². The Morgan fingerprint density at radius 1 is 1.05 bits per heavy atom. The van der Waals surface area contributed by atoms with Crippen LogP contribution >= 0.6 is 39.1 Å². The molecule has 2 rings (SSSR count). The first-order valence-electron chi connectivity index (χ1n) is 5.70. The second-order valence-electron chi connectivity index (χ2n) is 4.31. The van der Waals surface area contributed by atoms with Crippen LogP contribution in [0.5, 0.6) is 0 Å². The van der Waals surface area contributed by atoms with E-state index in [1.165, 1.54) is 30.3 Å². The minimum atomic E-state index is -4.52. The topological polar surface area (TPSA) is 20.2 Å². The van der Waals surface area contributed by atoms with Crippen LogP contribution in [0, 0.1) is 0 Å². The molecule has 112 valence electrons. The quantitative estimate of drug-likeness (QED) is 0.670. The molecular formula is C14H8BrCl2F3O. The largest absolute Gasteiger partial charge is 0.417 e. The van der Waals surface area contributed by atoms with Gasteiger partial charge in [-0.1, -0.05) is 45.2 Å². The lowest BCUT2D eigenvalue weighted by Gasteiger charge is -2.16. The molecule has 0 radical (unpaired) electrons. The average Bonchev–Trinajstić information content (AvgIpc) is 2.40. The number of halogens is 6. The monoisotopic (exact) mass is 398 g/mol. The summed E-state index contributed by atoms with van der Waals surface area (Å²) >= 11 is 14.6. The van der Waals surface area contributed by atoms with Crippen LogP contribution in [0.3, 0.4) is 0 Å². The molecule has 0 amide bonds. The summed E-state index contributed by atoms with van der Waals surface area (Å²) in [5.41, 5.74) is -0.536. The molecule has 1 nitrogen and oxygen atoms in total. The zero-order valence-corrected chi connectivity index (χ0v) is 13.4. The van der Waals surface area contributed by atoms with Crippen molar-refractivity contribution in [2.75, 3.05) is 0 Å². The van der Waals surface area contributed by atoms with Crippen molar-refractivity contribution in [3.63, 3.8) is 0 Å². The Bertz CT molecular complexity index is 674. The van der Waals surface area contributed by atoms with Gasteiger partial charge in [0.05, 0.1) is 5.56 Å². The SMILES string of the molecule is OC(c1ccc(Br)c(C(F)(F)F)c1)c1cc(Cl)ccc1Cl. The molecule has 0 aliphatic rings. The van der Waals surface area contributed by atoms with Gasteiger partial charge < -0.3 is 5.11 Å². The molecule has 7 heteroatoms. The fourth-order valence-corrected chi connectivity index (χ4v) is 2.71. The van der Waals surface area contributed by atoms with Crippen molar-refractivity contribution in [1.82, 2.24) is 0 Å². The van der Waals surface area contributed by atoms with Gasteiger partial charge in [-0.15, -0.1) is 0 Å². The summed E-state index contributed by atoms with van der Waals surface area (Å²) in [6, 6.07) is 7.94. The summed E-state index contributed by atoms with van der Waals surface area (Å²) in [5.74, 6) is 0. The van der Waals surface area contributed by atoms with Gasteiger partial charge >= 0.3 is 6.18 Å². The van der Waals surface area contributed by atoms with Crippen LogP contribution in [-0.4, -0.2) is 5.11 Å². The van der Waals surface area contributed by atoms with Crippen LogP contribution in [0.4, 0.5) is 13.2 Å². The number of hydrogen-bond donors (Lipinski definition) is 1. The van der Waals surface area contributed by atoms with Crippen molar-refractivity contribution in [2.45, 2.75) is 12.3 Å². The Balaban J connectivity index is 2.49. The van der Waals surface area contributed by atoms with E-state index < -0.39 is 17.8 Å². The lowest BCUT2D eigenvalue weighted by Crippen LogP contribution is -2.09. The molecule has 0 saturated carbocycles. The molecule has 0 fully saturated rings. The molecule has 0 heterocycles. The normalized spacial score (nSPS) is 13.3. The Hall–Kier alpha value is -0.750. The van der Waals surface area contributed by atoms with E-state index in [2.05, 4.69) is 15.9 Å². The highest BCUT2D eigenvalue weighted by atomic mass is 79.9. The smallest absolute Gasteiger partial charge is 0.384 e. The van der Waals surface area contributed by atoms with Crippen molar-refractivity contribution >= 4 is 39.1 Å². The van der Waals surface area contributed by atoms with Gasteiger partial charge in [-0.25, -0.2) is 0 Å². The molecule has 1 unspecified atom stereocenters. The first kappa shape index (κ1) is 16.6. The maximum Gasteiger partial charge on any atom is 0.417 e. The Kier molecular flexibility index (Phi) is 4.88. The summed E-state index contributed by atoms with van der Waals surface area (Å²) in [4.78, 5) is 0. The molecule has 1 N–H and O–H groups in total. The highest BCUT2D eigenvalue weighted by molar-refractivity contribution is 9.10. The van der Waals surface area contributed by atoms with Gasteiger partial charge in [-0.05, 0) is 35.9 Å². The number of aliphatic hydroxyl groups excluding tert-OH is 1. The number of hydrogen-bond acceptors (Lipinski definition) is 1. The summed E-state index contributed by atoms with van der Waals surface area (Å²) in [5, 5.41) is 10.8. The minimum Gasteiger partial charge on any atom is -0.384 e. The number of rotatable bonds is 2. The van der Waals surface area contributed by atoms with E-state index in [1.54, 1.807) is 0 Å². The van der Waals surface area contributed by atoms with Gasteiger partial charge in [0.15, 0.2) is 0 Å². The van der Waals surface area contributed by atoms with Crippen LogP contribution in [0.25, 0.3) is 0 Å². The molecule has 0 bridgehead atoms. The van der Waals surface area contributed by atoms with E-state index in [0.717, 1.165) is 6.07 Å². The van der Waals surface area contributed by atoms with Gasteiger partial charge in [0.2, 0.25) is 0 Å². The van der Waals surface area contributed by atoms with Crippen LogP contribution in [-0.2, 0) is 6.18 Å². The zero-order valence-electron chi connectivity index (χ0n) is 10.3. The van der Waals surface area contributed by atoms with E-state index in [0.29, 0.717) is 5.02 Å². The fourth-order valence-electron chi connectivity index (χ4n) is 1.83. The predicted molar refractivity (Wildman–Crippen MR) is 79.7 cm³/mol. The second kappa shape index (κ2) is 6.16. The predicted octanol–water partition coefficient (Wildman–Crippen LogP) is 5.86. The zero-order chi connectivity index (χ0) is 15.8. The van der Waals surface area contributed by atoms with Gasteiger partial charge in [-0.3, -0.25) is 0 Å². The fraction of sp³-hybridized carbons (Fsp3) is 0.143. The average molecular weight is 400 g/mol. The maximum absolute atomic E-state index is 12.9. The Labute approximate surface area is 137 Å². The summed E-state index contributed by atoms with van der Waals surface area (Å²) < 4.78 is 38.5. The third kappa shape index (κ3) is 3.72. The second-order valence-corrected chi connectivity index (χ2v) is 6.00. The van der Waals surface area contributed by atoms with Gasteiger partial charge in [-0.2, -0.15) is 13.2 Å². The van der Waals surface area contributed by atoms with Crippen molar-refractivity contribution < 1.29 is 18.3 Å². The highest BCUT2D eigenvalue weighted by Crippen LogP contribution is 2.38. The number of aliphatic hydroxyl groups is 1. The molecule has 0 aromatic heterocycles. The van der Waals surface area contributed by atoms with E-state index in [-0.39, 0.29) is 20.6 Å². The molecule has 2 aromatic carbocycles. The van der Waals surface area contributed by atoms with E-state index in [9.17, 15) is 18.3 Å². The number of alkyl halides is 3. The summed E-state index contributed by atoms with van der Waals surface area (Å²) in [6.45, 7) is 0. The van der Waals surface area contributed by atoms with E-state index in [4.69, 9.17) is 23.2 Å². The van der Waals surface area contributed by atoms with E-state index in [1.807, 2.05) is 0 Å². The maximum atomic E-state index is 12.9. The summed E-state index contributed by atoms with van der Waals surface area (Å²) in [6.07, 6.45) is -5.82. The molecule has 0 aliphatic heterocycles. The minimum absolute atomic E-state index is 0.0784. The van der Waals surface area contributed by atoms with E-state index >= 15 is 0 Å². The van der Waals surface area contributed by atoms with Gasteiger partial charge in [0, 0.05) is 20.1 Å². The molecule has 0 saturated heterocycles. The van der Waals surface area contributed by atoms with Crippen LogP contribution in [0.2, 0.25) is 10.0 Å². The lowest BCUT2D eigenvalue weighted by atomic mass is 9.99. The van der Waals surface area contributed by atoms with Crippen molar-refractivity contribution in [3.05, 3.63) is 67.6 Å². The van der Waals surface area contributed by atoms with Gasteiger partial charge in [0.25, 0.3) is 0 Å². The molecule has 21 heavy (non-hydrogen) atoms. The number of benzene rings is 2. The standard InChI is InChI=1S/C14H8BrCl2F3O/c15-11-3-1-7(5-10(11)14(18,19)20)13(21)9-6-8(16)2-4-12(9)17/h1-6,13,21H. The lowest BCUT2D eigenvalue weighted by molar-refractivity contribution is -0.138. The van der Waals surface area contributed by atoms with Crippen molar-refractivity contribution in [1.29, 1.82) is 0 Å². The van der Waals surface area contributed by atoms with Gasteiger partial charge in [0.1, 0.15) is 6.10 Å². The van der Waals surface area contributed by atoms with Crippen LogP contribution < -0.4 is 0 Å². The molecule has 1 atom stereocenters. The third-order valence-electron chi connectivity index (χ3n) is 2.86. The molecular weight excluding hydrogens is 392 g/mol. The highest BCUT2D eigenvalue weighted by Gasteiger charge is 2.33. The van der Waals surface area contributed by atoms with Crippen LogP contribution in [0.15, 0.2) is 40.9 Å². The summed E-state index contributed by atoms with van der Waals surface area (Å²) in [7, 11) is 0. The Morgan fingerprint density at radius 3 is 2.33 bits per heavy atom. The molecule has 0 spiro atoms. The first-order chi connectivity index (χ1) is 9.70.